The molecule has 2 N–H and O–H groups in total. The van der Waals surface area contributed by atoms with Gasteiger partial charge in [-0.1, -0.05) is 72.8 Å². The van der Waals surface area contributed by atoms with E-state index < -0.39 is 11.7 Å². The molecule has 0 bridgehead atoms. The number of nitriles is 1. The van der Waals surface area contributed by atoms with Gasteiger partial charge in [-0.2, -0.15) is 5.26 Å². The van der Waals surface area contributed by atoms with Crippen molar-refractivity contribution in [3.8, 4) is 11.8 Å². The highest BCUT2D eigenvalue weighted by atomic mass is 16.5. The summed E-state index contributed by atoms with van der Waals surface area (Å²) in [5.74, 6) is 0.782. The molecule has 3 aromatic carbocycles. The maximum absolute atomic E-state index is 12.0. The van der Waals surface area contributed by atoms with E-state index in [-0.39, 0.29) is 12.5 Å². The molecule has 1 atom stereocenters. The molecule has 4 rings (SSSR count). The second-order valence-electron chi connectivity index (χ2n) is 9.02. The standard InChI is InChI=1S/C29H32N2O3/c30-18-15-23-11-13-28(14-12-23)34-22-27(32)21-31-19-16-26(17-20-31)29(33,24-7-3-1-4-8-24)25-9-5-2-6-10-25/h1-14,26-27,32-33H,15-17,19-22H2/t27-/m0/s1. The topological polar surface area (TPSA) is 76.7 Å². The van der Waals surface area contributed by atoms with Crippen molar-refractivity contribution < 1.29 is 14.9 Å². The van der Waals surface area contributed by atoms with Crippen LogP contribution in [-0.4, -0.2) is 47.5 Å². The van der Waals surface area contributed by atoms with Crippen LogP contribution in [0.25, 0.3) is 0 Å². The maximum atomic E-state index is 12.0. The quantitative estimate of drug-likeness (QED) is 0.506. The van der Waals surface area contributed by atoms with Crippen LogP contribution in [0.3, 0.4) is 0 Å². The van der Waals surface area contributed by atoms with Crippen LogP contribution in [-0.2, 0) is 12.0 Å². The van der Waals surface area contributed by atoms with Gasteiger partial charge in [-0.25, -0.2) is 0 Å². The highest BCUT2D eigenvalue weighted by molar-refractivity contribution is 5.37. The molecule has 1 aliphatic heterocycles. The molecule has 0 spiro atoms. The van der Waals surface area contributed by atoms with E-state index in [0.717, 1.165) is 42.6 Å². The minimum atomic E-state index is -1.03. The summed E-state index contributed by atoms with van der Waals surface area (Å²) in [5.41, 5.74) is 1.76. The number of hydrogen-bond donors (Lipinski definition) is 2. The second kappa shape index (κ2) is 11.3. The lowest BCUT2D eigenvalue weighted by atomic mass is 9.72. The fourth-order valence-electron chi connectivity index (χ4n) is 4.89. The first-order chi connectivity index (χ1) is 16.6. The van der Waals surface area contributed by atoms with Crippen molar-refractivity contribution >= 4 is 0 Å². The Morgan fingerprint density at radius 2 is 1.47 bits per heavy atom. The Balaban J connectivity index is 1.33. The van der Waals surface area contributed by atoms with Crippen LogP contribution in [0.1, 0.15) is 29.5 Å². The molecule has 1 aliphatic rings. The molecule has 0 amide bonds. The van der Waals surface area contributed by atoms with Crippen molar-refractivity contribution in [3.05, 3.63) is 102 Å². The molecule has 3 aromatic rings. The first-order valence-corrected chi connectivity index (χ1v) is 11.9. The molecule has 176 valence electrons. The molecule has 0 radical (unpaired) electrons. The van der Waals surface area contributed by atoms with Gasteiger partial charge >= 0.3 is 0 Å². The zero-order valence-corrected chi connectivity index (χ0v) is 19.4. The summed E-state index contributed by atoms with van der Waals surface area (Å²) in [6.07, 6.45) is 1.46. The molecule has 1 fully saturated rings. The van der Waals surface area contributed by atoms with Crippen molar-refractivity contribution in [3.63, 3.8) is 0 Å². The predicted octanol–water partition coefficient (Wildman–Crippen LogP) is 4.14. The van der Waals surface area contributed by atoms with E-state index in [0.29, 0.717) is 18.7 Å². The van der Waals surface area contributed by atoms with Gasteiger partial charge in [0.25, 0.3) is 0 Å². The monoisotopic (exact) mass is 456 g/mol. The fourth-order valence-corrected chi connectivity index (χ4v) is 4.89. The minimum Gasteiger partial charge on any atom is -0.491 e. The number of ether oxygens (including phenoxy) is 1. The zero-order valence-electron chi connectivity index (χ0n) is 19.4. The van der Waals surface area contributed by atoms with Gasteiger partial charge in [0.1, 0.15) is 24.1 Å². The van der Waals surface area contributed by atoms with Gasteiger partial charge in [0.15, 0.2) is 0 Å². The number of likely N-dealkylation sites (tertiary alicyclic amines) is 1. The second-order valence-corrected chi connectivity index (χ2v) is 9.02. The van der Waals surface area contributed by atoms with E-state index >= 15 is 0 Å². The Bertz CT molecular complexity index is 1020. The van der Waals surface area contributed by atoms with Crippen molar-refractivity contribution in [1.29, 1.82) is 5.26 Å². The summed E-state index contributed by atoms with van der Waals surface area (Å²) in [7, 11) is 0. The van der Waals surface area contributed by atoms with Crippen molar-refractivity contribution in [1.82, 2.24) is 4.90 Å². The smallest absolute Gasteiger partial charge is 0.119 e. The van der Waals surface area contributed by atoms with Gasteiger partial charge in [-0.3, -0.25) is 0 Å². The third-order valence-electron chi connectivity index (χ3n) is 6.72. The number of aliphatic hydroxyl groups is 2. The fraction of sp³-hybridized carbons (Fsp3) is 0.345. The zero-order chi connectivity index (χ0) is 23.8. The van der Waals surface area contributed by atoms with Gasteiger partial charge in [-0.15, -0.1) is 0 Å². The number of β-amino-alcohol motifs (C(OH)–C–C–N with tert-alkyl or cyclic N) is 1. The van der Waals surface area contributed by atoms with Crippen LogP contribution in [0, 0.1) is 17.2 Å². The average molecular weight is 457 g/mol. The predicted molar refractivity (Wildman–Crippen MR) is 132 cm³/mol. The molecule has 5 nitrogen and oxygen atoms in total. The minimum absolute atomic E-state index is 0.0915. The molecule has 5 heteroatoms. The van der Waals surface area contributed by atoms with E-state index in [4.69, 9.17) is 10.00 Å². The Hall–Kier alpha value is -3.17. The molecule has 1 heterocycles. The number of hydrogen-bond acceptors (Lipinski definition) is 5. The van der Waals surface area contributed by atoms with E-state index in [1.807, 2.05) is 84.9 Å². The van der Waals surface area contributed by atoms with Crippen LogP contribution in [0.4, 0.5) is 0 Å². The highest BCUT2D eigenvalue weighted by Crippen LogP contribution is 2.41. The summed E-state index contributed by atoms with van der Waals surface area (Å²) in [6, 6.07) is 29.4. The van der Waals surface area contributed by atoms with Gasteiger partial charge in [-0.05, 0) is 60.7 Å². The first-order valence-electron chi connectivity index (χ1n) is 11.9. The Morgan fingerprint density at radius 3 is 2.00 bits per heavy atom. The van der Waals surface area contributed by atoms with Crippen LogP contribution >= 0.6 is 0 Å². The number of nitrogens with zero attached hydrogens (tertiary/aromatic N) is 2. The summed E-state index contributed by atoms with van der Waals surface area (Å²) in [6.45, 7) is 2.38. The Kier molecular flexibility index (Phi) is 7.97. The summed E-state index contributed by atoms with van der Waals surface area (Å²) in [4.78, 5) is 2.25. The average Bonchev–Trinajstić information content (AvgIpc) is 2.89. The van der Waals surface area contributed by atoms with Crippen LogP contribution < -0.4 is 4.74 Å². The molecule has 0 unspecified atom stereocenters. The van der Waals surface area contributed by atoms with Gasteiger partial charge < -0.3 is 19.8 Å². The van der Waals surface area contributed by atoms with Gasteiger partial charge in [0, 0.05) is 6.54 Å². The lowest BCUT2D eigenvalue weighted by Crippen LogP contribution is -2.46. The lowest BCUT2D eigenvalue weighted by molar-refractivity contribution is -0.0222. The van der Waals surface area contributed by atoms with E-state index in [9.17, 15) is 10.2 Å². The molecular formula is C29H32N2O3. The van der Waals surface area contributed by atoms with E-state index in [1.54, 1.807) is 0 Å². The van der Waals surface area contributed by atoms with Crippen LogP contribution in [0.5, 0.6) is 5.75 Å². The molecule has 0 saturated carbocycles. The third-order valence-corrected chi connectivity index (χ3v) is 6.72. The molecule has 0 aromatic heterocycles. The van der Waals surface area contributed by atoms with Gasteiger partial charge in [0.2, 0.25) is 0 Å². The van der Waals surface area contributed by atoms with Gasteiger partial charge in [0.05, 0.1) is 12.5 Å². The van der Waals surface area contributed by atoms with E-state index in [1.165, 1.54) is 0 Å². The van der Waals surface area contributed by atoms with Crippen molar-refractivity contribution in [2.45, 2.75) is 31.0 Å². The summed E-state index contributed by atoms with van der Waals surface area (Å²) in [5, 5.41) is 31.3. The Labute approximate surface area is 201 Å². The summed E-state index contributed by atoms with van der Waals surface area (Å²) >= 11 is 0. The largest absolute Gasteiger partial charge is 0.491 e. The number of aliphatic hydroxyl groups excluding tert-OH is 1. The molecule has 34 heavy (non-hydrogen) atoms. The number of rotatable bonds is 9. The number of piperidine rings is 1. The maximum Gasteiger partial charge on any atom is 0.119 e. The molecular weight excluding hydrogens is 424 g/mol. The van der Waals surface area contributed by atoms with Crippen LogP contribution in [0.2, 0.25) is 0 Å². The first kappa shape index (κ1) is 24.0. The lowest BCUT2D eigenvalue weighted by Gasteiger charge is -2.42. The molecule has 1 saturated heterocycles. The molecule has 0 aliphatic carbocycles. The van der Waals surface area contributed by atoms with Crippen molar-refractivity contribution in [2.75, 3.05) is 26.2 Å². The highest BCUT2D eigenvalue weighted by Gasteiger charge is 2.41. The normalized spacial score (nSPS) is 16.0. The third kappa shape index (κ3) is 5.66. The van der Waals surface area contributed by atoms with E-state index in [2.05, 4.69) is 11.0 Å². The summed E-state index contributed by atoms with van der Waals surface area (Å²) < 4.78 is 5.73. The van der Waals surface area contributed by atoms with Crippen LogP contribution in [0.15, 0.2) is 84.9 Å². The SMILES string of the molecule is N#CCc1ccc(OC[C@@H](O)CN2CCC(C(O)(c3ccccc3)c3ccccc3)CC2)cc1. The Morgan fingerprint density at radius 1 is 0.912 bits per heavy atom. The number of benzene rings is 3. The van der Waals surface area contributed by atoms with Crippen molar-refractivity contribution in [2.24, 2.45) is 5.92 Å².